The standard InChI is InChI=1S/C28H22F3N5OS2/c1-16-13-36(15-34-16)28-37-25(14-38-28)18-9-21-17(11-32-27(21)33-12-18)8-22-23(30)6-7-24(26(22)31)35-39(2)20-5-3-4-19(29)10-20/h3-7,9-15,28,35H,2,8H2,1H3,(H,32,33). The number of halogens is 3. The summed E-state index contributed by atoms with van der Waals surface area (Å²) in [6, 6.07) is 10.4. The van der Waals surface area contributed by atoms with E-state index in [1.165, 1.54) is 36.0 Å². The third-order valence-electron chi connectivity index (χ3n) is 6.26. The minimum absolute atomic E-state index is 0.00516. The Balaban J connectivity index is 1.25. The lowest BCUT2D eigenvalue weighted by Crippen LogP contribution is -2.03. The molecule has 4 heterocycles. The van der Waals surface area contributed by atoms with Gasteiger partial charge in [-0.05, 0) is 48.9 Å². The van der Waals surface area contributed by atoms with Crippen LogP contribution < -0.4 is 4.72 Å². The Kier molecular flexibility index (Phi) is 6.69. The zero-order valence-electron chi connectivity index (χ0n) is 20.6. The van der Waals surface area contributed by atoms with E-state index in [4.69, 9.17) is 4.74 Å². The van der Waals surface area contributed by atoms with Gasteiger partial charge in [-0.1, -0.05) is 34.4 Å². The molecule has 2 atom stereocenters. The number of anilines is 1. The highest BCUT2D eigenvalue weighted by atomic mass is 32.2. The van der Waals surface area contributed by atoms with Gasteiger partial charge in [-0.15, -0.1) is 0 Å². The first kappa shape index (κ1) is 25.3. The first-order chi connectivity index (χ1) is 18.9. The Morgan fingerprint density at radius 3 is 2.85 bits per heavy atom. The van der Waals surface area contributed by atoms with Gasteiger partial charge in [0.2, 0.25) is 5.56 Å². The number of aromatic amines is 1. The van der Waals surface area contributed by atoms with E-state index in [2.05, 4.69) is 25.5 Å². The number of rotatable bonds is 7. The summed E-state index contributed by atoms with van der Waals surface area (Å²) < 4.78 is 55.0. The molecule has 0 fully saturated rings. The van der Waals surface area contributed by atoms with Crippen LogP contribution in [0.2, 0.25) is 0 Å². The van der Waals surface area contributed by atoms with Crippen LogP contribution in [0.4, 0.5) is 18.9 Å². The first-order valence-electron chi connectivity index (χ1n) is 11.9. The van der Waals surface area contributed by atoms with Crippen molar-refractivity contribution in [2.75, 3.05) is 4.72 Å². The molecular formula is C28H22F3N5OS2. The molecular weight excluding hydrogens is 543 g/mol. The highest BCUT2D eigenvalue weighted by molar-refractivity contribution is 8.15. The zero-order chi connectivity index (χ0) is 27.1. The van der Waals surface area contributed by atoms with Crippen molar-refractivity contribution in [3.63, 3.8) is 0 Å². The van der Waals surface area contributed by atoms with Crippen LogP contribution in [0, 0.1) is 24.4 Å². The number of aryl methyl sites for hydroxylation is 1. The van der Waals surface area contributed by atoms with Crippen molar-refractivity contribution in [3.8, 4) is 0 Å². The van der Waals surface area contributed by atoms with Crippen LogP contribution in [-0.2, 0) is 11.2 Å². The number of fused-ring (bicyclic) bond motifs is 1. The number of hydrogen-bond donors (Lipinski definition) is 2. The summed E-state index contributed by atoms with van der Waals surface area (Å²) in [5, 5.41) is 2.65. The molecule has 1 aliphatic rings. The molecule has 1 aliphatic heterocycles. The number of aromatic nitrogens is 4. The maximum atomic E-state index is 15.5. The van der Waals surface area contributed by atoms with Crippen LogP contribution in [0.3, 0.4) is 0 Å². The molecule has 2 unspecified atom stereocenters. The molecule has 3 aromatic heterocycles. The molecule has 0 aliphatic carbocycles. The summed E-state index contributed by atoms with van der Waals surface area (Å²) in [7, 11) is -0.947. The fourth-order valence-corrected chi connectivity index (χ4v) is 6.17. The van der Waals surface area contributed by atoms with Gasteiger partial charge in [0, 0.05) is 51.8 Å². The van der Waals surface area contributed by atoms with E-state index in [9.17, 15) is 8.78 Å². The van der Waals surface area contributed by atoms with E-state index in [-0.39, 0.29) is 23.2 Å². The predicted molar refractivity (Wildman–Crippen MR) is 151 cm³/mol. The molecule has 2 aromatic carbocycles. The molecule has 0 bridgehead atoms. The molecule has 2 N–H and O–H groups in total. The normalized spacial score (nSPS) is 15.8. The van der Waals surface area contributed by atoms with Gasteiger partial charge in [0.15, 0.2) is 5.82 Å². The second-order valence-corrected chi connectivity index (χ2v) is 11.3. The number of imidazole rings is 1. The quantitative estimate of drug-likeness (QED) is 0.202. The fraction of sp³-hybridized carbons (Fsp3) is 0.107. The molecule has 11 heteroatoms. The second kappa shape index (κ2) is 10.3. The van der Waals surface area contributed by atoms with Crippen LogP contribution in [0.15, 0.2) is 77.7 Å². The number of nitrogens with one attached hydrogen (secondary N) is 2. The van der Waals surface area contributed by atoms with Crippen molar-refractivity contribution in [3.05, 3.63) is 113 Å². The molecule has 0 saturated heterocycles. The lowest BCUT2D eigenvalue weighted by atomic mass is 10.0. The summed E-state index contributed by atoms with van der Waals surface area (Å²) in [4.78, 5) is 12.4. The number of pyridine rings is 1. The maximum absolute atomic E-state index is 15.5. The molecule has 5 aromatic rings. The van der Waals surface area contributed by atoms with Gasteiger partial charge in [-0.3, -0.25) is 4.57 Å². The van der Waals surface area contributed by atoms with E-state index >= 15 is 4.39 Å². The smallest absolute Gasteiger partial charge is 0.229 e. The highest BCUT2D eigenvalue weighted by Gasteiger charge is 2.23. The van der Waals surface area contributed by atoms with Crippen LogP contribution in [-0.4, -0.2) is 25.4 Å². The van der Waals surface area contributed by atoms with Crippen LogP contribution in [0.1, 0.15) is 27.9 Å². The SMILES string of the molecule is C=S(Nc1ccc(F)c(Cc2c[nH]c3ncc(C4=CSC(n5cnc(C)c5)O4)cc23)c1F)c1cccc(F)c1. The molecule has 0 saturated carbocycles. The lowest BCUT2D eigenvalue weighted by molar-refractivity contribution is 0.195. The van der Waals surface area contributed by atoms with Crippen molar-refractivity contribution < 1.29 is 17.9 Å². The second-order valence-electron chi connectivity index (χ2n) is 8.95. The summed E-state index contributed by atoms with van der Waals surface area (Å²) >= 11 is 1.51. The van der Waals surface area contributed by atoms with E-state index in [1.54, 1.807) is 30.9 Å². The van der Waals surface area contributed by atoms with Gasteiger partial charge in [0.1, 0.15) is 23.0 Å². The molecule has 198 valence electrons. The highest BCUT2D eigenvalue weighted by Crippen LogP contribution is 2.40. The van der Waals surface area contributed by atoms with Gasteiger partial charge in [-0.25, -0.2) is 23.1 Å². The maximum Gasteiger partial charge on any atom is 0.229 e. The average molecular weight is 566 g/mol. The van der Waals surface area contributed by atoms with E-state index in [1.807, 2.05) is 29.2 Å². The Morgan fingerprint density at radius 2 is 2.05 bits per heavy atom. The Labute approximate surface area is 229 Å². The molecule has 0 radical (unpaired) electrons. The van der Waals surface area contributed by atoms with Crippen molar-refractivity contribution in [2.24, 2.45) is 0 Å². The van der Waals surface area contributed by atoms with Crippen LogP contribution in [0.25, 0.3) is 16.8 Å². The molecule has 6 rings (SSSR count). The minimum Gasteiger partial charge on any atom is -0.459 e. The number of thioether (sulfide) groups is 1. The van der Waals surface area contributed by atoms with Gasteiger partial charge in [0.05, 0.1) is 17.7 Å². The van der Waals surface area contributed by atoms with E-state index in [0.717, 1.165) is 16.6 Å². The van der Waals surface area contributed by atoms with Gasteiger partial charge in [-0.2, -0.15) is 0 Å². The number of H-pyrrole nitrogens is 1. The van der Waals surface area contributed by atoms with Gasteiger partial charge in [0.25, 0.3) is 0 Å². The Hall–Kier alpha value is -3.96. The van der Waals surface area contributed by atoms with Gasteiger partial charge >= 0.3 is 0 Å². The molecule has 0 spiro atoms. The third-order valence-corrected chi connectivity index (χ3v) is 8.47. The Morgan fingerprint density at radius 1 is 1.18 bits per heavy atom. The molecule has 6 nitrogen and oxygen atoms in total. The predicted octanol–water partition coefficient (Wildman–Crippen LogP) is 7.38. The molecule has 0 amide bonds. The monoisotopic (exact) mass is 565 g/mol. The van der Waals surface area contributed by atoms with Crippen molar-refractivity contribution in [2.45, 2.75) is 23.8 Å². The van der Waals surface area contributed by atoms with E-state index in [0.29, 0.717) is 21.9 Å². The third kappa shape index (κ3) is 5.07. The lowest BCUT2D eigenvalue weighted by Gasteiger charge is -2.15. The van der Waals surface area contributed by atoms with Crippen molar-refractivity contribution in [1.29, 1.82) is 0 Å². The van der Waals surface area contributed by atoms with Crippen LogP contribution in [0.5, 0.6) is 0 Å². The molecule has 39 heavy (non-hydrogen) atoms. The number of hydrogen-bond acceptors (Lipinski definition) is 5. The fourth-order valence-electron chi connectivity index (χ4n) is 4.29. The number of benzene rings is 2. The van der Waals surface area contributed by atoms with Crippen molar-refractivity contribution >= 4 is 50.8 Å². The summed E-state index contributed by atoms with van der Waals surface area (Å²) in [5.74, 6) is 2.84. The number of nitrogens with zero attached hydrogens (tertiary/aromatic N) is 3. The summed E-state index contributed by atoms with van der Waals surface area (Å²) in [5.41, 5.74) is 2.66. The van der Waals surface area contributed by atoms with Crippen molar-refractivity contribution in [1.82, 2.24) is 19.5 Å². The summed E-state index contributed by atoms with van der Waals surface area (Å²) in [6.45, 7) is 1.91. The summed E-state index contributed by atoms with van der Waals surface area (Å²) in [6.07, 6.45) is 7.02. The largest absolute Gasteiger partial charge is 0.459 e. The van der Waals surface area contributed by atoms with Crippen LogP contribution >= 0.6 is 22.4 Å². The Bertz CT molecular complexity index is 1760. The topological polar surface area (TPSA) is 67.8 Å². The average Bonchev–Trinajstić information content (AvgIpc) is 3.68. The minimum atomic E-state index is -0.947. The number of ether oxygens (including phenoxy) is 1. The van der Waals surface area contributed by atoms with Gasteiger partial charge < -0.3 is 14.4 Å². The zero-order valence-corrected chi connectivity index (χ0v) is 22.3. The van der Waals surface area contributed by atoms with E-state index < -0.39 is 28.1 Å². The first-order valence-corrected chi connectivity index (χ1v) is 14.2.